The molecule has 0 aliphatic carbocycles. The van der Waals surface area contributed by atoms with Crippen molar-refractivity contribution in [2.45, 2.75) is 51.4 Å². The molecule has 26 heavy (non-hydrogen) atoms. The van der Waals surface area contributed by atoms with Gasteiger partial charge in [-0.2, -0.15) is 0 Å². The lowest BCUT2D eigenvalue weighted by molar-refractivity contribution is -0.163. The predicted octanol–water partition coefficient (Wildman–Crippen LogP) is 3.15. The van der Waals surface area contributed by atoms with Gasteiger partial charge in [-0.05, 0) is 17.0 Å². The van der Waals surface area contributed by atoms with Crippen LogP contribution in [0, 0.1) is 5.92 Å². The predicted molar refractivity (Wildman–Crippen MR) is 103 cm³/mol. The summed E-state index contributed by atoms with van der Waals surface area (Å²) < 4.78 is 12.4. The number of aliphatic hydroxyl groups excluding tert-OH is 1. The first-order valence-corrected chi connectivity index (χ1v) is 9.37. The minimum atomic E-state index is -0.588. The Morgan fingerprint density at radius 2 is 1.38 bits per heavy atom. The van der Waals surface area contributed by atoms with Crippen LogP contribution >= 0.6 is 0 Å². The molecular weight excluding hydrogens is 326 g/mol. The molecule has 0 saturated carbocycles. The van der Waals surface area contributed by atoms with Crippen LogP contribution in [0.5, 0.6) is 0 Å². The van der Waals surface area contributed by atoms with Gasteiger partial charge in [0, 0.05) is 12.6 Å². The molecule has 140 valence electrons. The number of benzene rings is 2. The van der Waals surface area contributed by atoms with E-state index in [1.165, 1.54) is 0 Å². The second-order valence-corrected chi connectivity index (χ2v) is 7.27. The molecule has 0 aromatic heterocycles. The third-order valence-corrected chi connectivity index (χ3v) is 4.91. The van der Waals surface area contributed by atoms with E-state index in [0.717, 1.165) is 11.1 Å². The van der Waals surface area contributed by atoms with Crippen molar-refractivity contribution in [2.24, 2.45) is 5.92 Å². The Labute approximate surface area is 156 Å². The van der Waals surface area contributed by atoms with Gasteiger partial charge in [0.25, 0.3) is 0 Å². The van der Waals surface area contributed by atoms with E-state index in [4.69, 9.17) is 9.47 Å². The Kier molecular flexibility index (Phi) is 6.80. The SMILES string of the molecule is CC(C)[C@H]1NC[C@@H](O)[C@H](OCc2ccccc2)[C@H]1OCc1ccccc1. The number of rotatable bonds is 7. The van der Waals surface area contributed by atoms with Gasteiger partial charge in [0.15, 0.2) is 0 Å². The third-order valence-electron chi connectivity index (χ3n) is 4.91. The van der Waals surface area contributed by atoms with Crippen molar-refractivity contribution in [2.75, 3.05) is 6.54 Å². The van der Waals surface area contributed by atoms with Crippen LogP contribution in [0.1, 0.15) is 25.0 Å². The van der Waals surface area contributed by atoms with E-state index in [9.17, 15) is 5.11 Å². The first kappa shape index (κ1) is 19.1. The van der Waals surface area contributed by atoms with Gasteiger partial charge >= 0.3 is 0 Å². The van der Waals surface area contributed by atoms with Crippen molar-refractivity contribution in [1.29, 1.82) is 0 Å². The average Bonchev–Trinajstić information content (AvgIpc) is 2.67. The lowest BCUT2D eigenvalue weighted by atomic mass is 9.88. The van der Waals surface area contributed by atoms with Crippen molar-refractivity contribution in [3.05, 3.63) is 71.8 Å². The molecule has 0 bridgehead atoms. The van der Waals surface area contributed by atoms with Crippen molar-refractivity contribution in [3.63, 3.8) is 0 Å². The second-order valence-electron chi connectivity index (χ2n) is 7.27. The van der Waals surface area contributed by atoms with Crippen LogP contribution in [0.3, 0.4) is 0 Å². The molecule has 0 spiro atoms. The highest BCUT2D eigenvalue weighted by Crippen LogP contribution is 2.24. The number of ether oxygens (including phenoxy) is 2. The normalized spacial score (nSPS) is 26.2. The van der Waals surface area contributed by atoms with E-state index in [-0.39, 0.29) is 18.2 Å². The molecule has 2 aromatic carbocycles. The Balaban J connectivity index is 1.70. The lowest BCUT2D eigenvalue weighted by Gasteiger charge is -2.43. The van der Waals surface area contributed by atoms with E-state index in [1.54, 1.807) is 0 Å². The topological polar surface area (TPSA) is 50.7 Å². The largest absolute Gasteiger partial charge is 0.389 e. The molecule has 2 aromatic rings. The van der Waals surface area contributed by atoms with E-state index >= 15 is 0 Å². The third kappa shape index (κ3) is 4.92. The van der Waals surface area contributed by atoms with Gasteiger partial charge in [0.2, 0.25) is 0 Å². The molecule has 0 amide bonds. The van der Waals surface area contributed by atoms with Crippen LogP contribution in [0.25, 0.3) is 0 Å². The highest BCUT2D eigenvalue weighted by Gasteiger charge is 2.41. The van der Waals surface area contributed by atoms with Crippen LogP contribution in [0.15, 0.2) is 60.7 Å². The number of piperidine rings is 1. The molecule has 4 atom stereocenters. The minimum Gasteiger partial charge on any atom is -0.389 e. The Morgan fingerprint density at radius 1 is 0.885 bits per heavy atom. The van der Waals surface area contributed by atoms with Crippen LogP contribution in [-0.2, 0) is 22.7 Å². The molecule has 1 aliphatic rings. The van der Waals surface area contributed by atoms with Crippen molar-refractivity contribution >= 4 is 0 Å². The molecule has 1 saturated heterocycles. The van der Waals surface area contributed by atoms with Crippen LogP contribution in [0.4, 0.5) is 0 Å². The van der Waals surface area contributed by atoms with Gasteiger partial charge in [0.05, 0.1) is 19.3 Å². The van der Waals surface area contributed by atoms with Crippen molar-refractivity contribution in [1.82, 2.24) is 5.32 Å². The van der Waals surface area contributed by atoms with Gasteiger partial charge in [-0.15, -0.1) is 0 Å². The van der Waals surface area contributed by atoms with Crippen LogP contribution < -0.4 is 5.32 Å². The van der Waals surface area contributed by atoms with Gasteiger partial charge < -0.3 is 19.9 Å². The summed E-state index contributed by atoms with van der Waals surface area (Å²) in [5, 5.41) is 14.0. The van der Waals surface area contributed by atoms with E-state index in [1.807, 2.05) is 48.5 Å². The quantitative estimate of drug-likeness (QED) is 0.801. The summed E-state index contributed by atoms with van der Waals surface area (Å²) in [5.74, 6) is 0.381. The first-order valence-electron chi connectivity index (χ1n) is 9.37. The number of hydrogen-bond donors (Lipinski definition) is 2. The minimum absolute atomic E-state index is 0.142. The molecule has 1 aliphatic heterocycles. The van der Waals surface area contributed by atoms with Gasteiger partial charge in [-0.25, -0.2) is 0 Å². The fraction of sp³-hybridized carbons (Fsp3) is 0.455. The number of aliphatic hydroxyl groups is 1. The first-order chi connectivity index (χ1) is 12.6. The average molecular weight is 355 g/mol. The summed E-state index contributed by atoms with van der Waals surface area (Å²) in [6.45, 7) is 5.84. The molecule has 4 heteroatoms. The van der Waals surface area contributed by atoms with Gasteiger partial charge in [-0.3, -0.25) is 0 Å². The second kappa shape index (κ2) is 9.28. The number of nitrogens with one attached hydrogen (secondary N) is 1. The zero-order valence-corrected chi connectivity index (χ0v) is 15.5. The molecule has 1 heterocycles. The molecule has 2 N–H and O–H groups in total. The van der Waals surface area contributed by atoms with E-state index in [2.05, 4.69) is 31.3 Å². The fourth-order valence-corrected chi connectivity index (χ4v) is 3.47. The smallest absolute Gasteiger partial charge is 0.113 e. The maximum absolute atomic E-state index is 10.5. The Morgan fingerprint density at radius 3 is 1.88 bits per heavy atom. The zero-order chi connectivity index (χ0) is 18.4. The van der Waals surface area contributed by atoms with Crippen LogP contribution in [-0.4, -0.2) is 36.0 Å². The molecule has 3 rings (SSSR count). The summed E-state index contributed by atoms with van der Waals surface area (Å²) in [6.07, 6.45) is -1.15. The monoisotopic (exact) mass is 355 g/mol. The molecule has 0 unspecified atom stereocenters. The van der Waals surface area contributed by atoms with Crippen molar-refractivity contribution < 1.29 is 14.6 Å². The zero-order valence-electron chi connectivity index (χ0n) is 15.5. The van der Waals surface area contributed by atoms with Gasteiger partial charge in [-0.1, -0.05) is 74.5 Å². The summed E-state index contributed by atoms with van der Waals surface area (Å²) in [7, 11) is 0. The highest BCUT2D eigenvalue weighted by molar-refractivity contribution is 5.14. The number of β-amino-alcohol motifs (C(OH)–C–C–N with tert-alkyl or cyclic N) is 1. The van der Waals surface area contributed by atoms with Gasteiger partial charge in [0.1, 0.15) is 12.2 Å². The molecule has 0 radical (unpaired) electrons. The summed E-state index contributed by atoms with van der Waals surface area (Å²) >= 11 is 0. The highest BCUT2D eigenvalue weighted by atomic mass is 16.5. The van der Waals surface area contributed by atoms with Crippen molar-refractivity contribution in [3.8, 4) is 0 Å². The lowest BCUT2D eigenvalue weighted by Crippen LogP contribution is -2.62. The molecule has 4 nitrogen and oxygen atoms in total. The van der Waals surface area contributed by atoms with E-state index < -0.39 is 6.10 Å². The van der Waals surface area contributed by atoms with E-state index in [0.29, 0.717) is 25.7 Å². The molecule has 1 fully saturated rings. The maximum Gasteiger partial charge on any atom is 0.113 e. The maximum atomic E-state index is 10.5. The molecular formula is C22H29NO3. The fourth-order valence-electron chi connectivity index (χ4n) is 3.47. The Hall–Kier alpha value is -1.72. The Bertz CT molecular complexity index is 647. The summed E-state index contributed by atoms with van der Waals surface area (Å²) in [6, 6.07) is 20.3. The standard InChI is InChI=1S/C22H29NO3/c1-16(2)20-22(26-15-18-11-7-4-8-12-18)21(19(24)13-23-20)25-14-17-9-5-3-6-10-17/h3-12,16,19-24H,13-15H2,1-2H3/t19-,20-,21+,22+/m1/s1. The summed E-state index contributed by atoms with van der Waals surface area (Å²) in [5.41, 5.74) is 2.22. The summed E-state index contributed by atoms with van der Waals surface area (Å²) in [4.78, 5) is 0. The van der Waals surface area contributed by atoms with Crippen LogP contribution in [0.2, 0.25) is 0 Å². The number of hydrogen-bond acceptors (Lipinski definition) is 4.